The van der Waals surface area contributed by atoms with Crippen molar-refractivity contribution in [1.82, 2.24) is 4.98 Å². The van der Waals surface area contributed by atoms with Crippen molar-refractivity contribution < 1.29 is 22.6 Å². The highest BCUT2D eigenvalue weighted by molar-refractivity contribution is 5.40. The van der Waals surface area contributed by atoms with Gasteiger partial charge in [0.25, 0.3) is 0 Å². The van der Waals surface area contributed by atoms with Crippen molar-refractivity contribution in [3.8, 4) is 0 Å². The lowest BCUT2D eigenvalue weighted by Crippen LogP contribution is -2.49. The lowest BCUT2D eigenvalue weighted by Gasteiger charge is -2.39. The Hall–Kier alpha value is -1.34. The monoisotopic (exact) mass is 288 g/mol. The average molecular weight is 288 g/mol. The van der Waals surface area contributed by atoms with E-state index in [4.69, 9.17) is 9.47 Å². The summed E-state index contributed by atoms with van der Waals surface area (Å²) in [7, 11) is 0. The molecule has 0 aromatic carbocycles. The zero-order valence-electron chi connectivity index (χ0n) is 10.8. The Labute approximate surface area is 114 Å². The van der Waals surface area contributed by atoms with E-state index in [-0.39, 0.29) is 0 Å². The molecule has 2 saturated heterocycles. The molecule has 0 atom stereocenters. The Kier molecular flexibility index (Phi) is 3.33. The predicted octanol–water partition coefficient (Wildman–Crippen LogP) is 2.44. The second-order valence-corrected chi connectivity index (χ2v) is 5.01. The molecule has 0 unspecified atom stereocenters. The maximum absolute atomic E-state index is 12.7. The van der Waals surface area contributed by atoms with Gasteiger partial charge in [-0.25, -0.2) is 4.98 Å². The molecule has 0 aliphatic carbocycles. The fraction of sp³-hybridized carbons (Fsp3) is 0.615. The third-order valence-corrected chi connectivity index (χ3v) is 3.58. The lowest BCUT2D eigenvalue weighted by atomic mass is 10.0. The van der Waals surface area contributed by atoms with E-state index >= 15 is 0 Å². The number of ether oxygens (including phenoxy) is 2. The molecular formula is C13H15F3N2O2. The molecule has 4 nitrogen and oxygen atoms in total. The second-order valence-electron chi connectivity index (χ2n) is 5.01. The number of rotatable bonds is 1. The number of aromatic nitrogens is 1. The van der Waals surface area contributed by atoms with Crippen LogP contribution in [0, 0.1) is 0 Å². The van der Waals surface area contributed by atoms with Gasteiger partial charge in [-0.3, -0.25) is 0 Å². The smallest absolute Gasteiger partial charge is 0.351 e. The Balaban J connectivity index is 1.82. The average Bonchev–Trinajstić information content (AvgIpc) is 2.86. The normalized spacial score (nSPS) is 22.4. The van der Waals surface area contributed by atoms with Crippen molar-refractivity contribution in [3.05, 3.63) is 23.9 Å². The molecule has 1 aromatic heterocycles. The summed E-state index contributed by atoms with van der Waals surface area (Å²) in [5.74, 6) is -0.355. The van der Waals surface area contributed by atoms with E-state index in [9.17, 15) is 13.2 Å². The fourth-order valence-corrected chi connectivity index (χ4v) is 2.67. The number of alkyl halides is 3. The van der Waals surface area contributed by atoms with Crippen molar-refractivity contribution in [2.24, 2.45) is 0 Å². The Morgan fingerprint density at radius 1 is 1.20 bits per heavy atom. The number of nitrogens with zero attached hydrogens (tertiary/aromatic N) is 2. The third-order valence-electron chi connectivity index (χ3n) is 3.58. The quantitative estimate of drug-likeness (QED) is 0.795. The van der Waals surface area contributed by atoms with Crippen LogP contribution in [0.25, 0.3) is 0 Å². The summed E-state index contributed by atoms with van der Waals surface area (Å²) in [5.41, 5.74) is -0.872. The topological polar surface area (TPSA) is 34.6 Å². The van der Waals surface area contributed by atoms with Crippen LogP contribution in [-0.4, -0.2) is 37.1 Å². The molecule has 0 amide bonds. The first kappa shape index (κ1) is 13.6. The molecule has 0 bridgehead atoms. The van der Waals surface area contributed by atoms with Crippen LogP contribution in [-0.2, 0) is 15.7 Å². The number of hydrogen-bond donors (Lipinski definition) is 0. The van der Waals surface area contributed by atoms with Gasteiger partial charge in [-0.1, -0.05) is 6.07 Å². The summed E-state index contributed by atoms with van der Waals surface area (Å²) in [6.45, 7) is 2.14. The molecule has 2 aliphatic rings. The summed E-state index contributed by atoms with van der Waals surface area (Å²) >= 11 is 0. The molecule has 2 fully saturated rings. The van der Waals surface area contributed by atoms with Crippen LogP contribution in [0.2, 0.25) is 0 Å². The minimum absolute atomic E-state index is 0.318. The van der Waals surface area contributed by atoms with Crippen LogP contribution >= 0.6 is 0 Å². The zero-order chi connectivity index (χ0) is 14.2. The summed E-state index contributed by atoms with van der Waals surface area (Å²) in [6, 6.07) is 3.94. The molecule has 20 heavy (non-hydrogen) atoms. The second kappa shape index (κ2) is 4.89. The molecule has 0 radical (unpaired) electrons. The molecule has 1 spiro atoms. The minimum atomic E-state index is -4.43. The molecule has 3 heterocycles. The third kappa shape index (κ3) is 2.60. The van der Waals surface area contributed by atoms with E-state index in [1.165, 1.54) is 6.07 Å². The predicted molar refractivity (Wildman–Crippen MR) is 65.3 cm³/mol. The van der Waals surface area contributed by atoms with Crippen LogP contribution < -0.4 is 4.90 Å². The Morgan fingerprint density at radius 3 is 2.65 bits per heavy atom. The highest BCUT2D eigenvalue weighted by atomic mass is 19.4. The zero-order valence-corrected chi connectivity index (χ0v) is 10.8. The van der Waals surface area contributed by atoms with E-state index in [2.05, 4.69) is 4.98 Å². The number of piperidine rings is 1. The van der Waals surface area contributed by atoms with Gasteiger partial charge in [-0.15, -0.1) is 0 Å². The molecular weight excluding hydrogens is 273 g/mol. The largest absolute Gasteiger partial charge is 0.433 e. The number of halogens is 3. The van der Waals surface area contributed by atoms with Gasteiger partial charge in [0, 0.05) is 13.0 Å². The number of pyridine rings is 1. The highest BCUT2D eigenvalue weighted by Crippen LogP contribution is 2.33. The Bertz CT molecular complexity index is 487. The van der Waals surface area contributed by atoms with Crippen LogP contribution in [0.3, 0.4) is 0 Å². The summed E-state index contributed by atoms with van der Waals surface area (Å²) in [4.78, 5) is 5.51. The highest BCUT2D eigenvalue weighted by Gasteiger charge is 2.41. The molecule has 0 N–H and O–H groups in total. The number of hydrogen-bond acceptors (Lipinski definition) is 4. The van der Waals surface area contributed by atoms with Gasteiger partial charge in [-0.05, 0) is 18.6 Å². The van der Waals surface area contributed by atoms with E-state index in [1.54, 1.807) is 11.0 Å². The minimum Gasteiger partial charge on any atom is -0.351 e. The Morgan fingerprint density at radius 2 is 1.95 bits per heavy atom. The van der Waals surface area contributed by atoms with Crippen LogP contribution in [0.1, 0.15) is 18.5 Å². The van der Waals surface area contributed by atoms with Gasteiger partial charge in [0.05, 0.1) is 19.8 Å². The maximum Gasteiger partial charge on any atom is 0.433 e. The van der Waals surface area contributed by atoms with Crippen LogP contribution in [0.5, 0.6) is 0 Å². The van der Waals surface area contributed by atoms with Crippen molar-refractivity contribution in [2.75, 3.05) is 31.2 Å². The van der Waals surface area contributed by atoms with Gasteiger partial charge in [-0.2, -0.15) is 13.2 Å². The summed E-state index contributed by atoms with van der Waals surface area (Å²) in [6.07, 6.45) is -2.86. The van der Waals surface area contributed by atoms with Crippen LogP contribution in [0.15, 0.2) is 18.2 Å². The maximum atomic E-state index is 12.7. The summed E-state index contributed by atoms with van der Waals surface area (Å²) in [5, 5.41) is 0. The first-order valence-corrected chi connectivity index (χ1v) is 6.56. The van der Waals surface area contributed by atoms with Crippen molar-refractivity contribution >= 4 is 5.82 Å². The van der Waals surface area contributed by atoms with Crippen molar-refractivity contribution in [2.45, 2.75) is 24.8 Å². The molecule has 2 aliphatic heterocycles. The SMILES string of the molecule is FC(F)(F)c1cccc(N2CCCC3(C2)OCCO3)n1. The molecule has 0 saturated carbocycles. The van der Waals surface area contributed by atoms with Gasteiger partial charge in [0.15, 0.2) is 5.79 Å². The van der Waals surface area contributed by atoms with Gasteiger partial charge in [0.2, 0.25) is 0 Å². The molecule has 110 valence electrons. The standard InChI is InChI=1S/C13H15F3N2O2/c14-13(15,16)10-3-1-4-11(17-10)18-6-2-5-12(9-18)19-7-8-20-12/h1,3-4H,2,5-9H2. The number of anilines is 1. The van der Waals surface area contributed by atoms with Crippen LogP contribution in [0.4, 0.5) is 19.0 Å². The molecule has 1 aromatic rings. The van der Waals surface area contributed by atoms with Gasteiger partial charge in [0.1, 0.15) is 11.5 Å². The van der Waals surface area contributed by atoms with E-state index in [0.717, 1.165) is 18.9 Å². The lowest BCUT2D eigenvalue weighted by molar-refractivity contribution is -0.161. The molecule has 7 heteroatoms. The summed E-state index contributed by atoms with van der Waals surface area (Å²) < 4.78 is 49.3. The molecule has 3 rings (SSSR count). The first-order chi connectivity index (χ1) is 9.49. The fourth-order valence-electron chi connectivity index (χ4n) is 2.67. The van der Waals surface area contributed by atoms with E-state index in [0.29, 0.717) is 32.1 Å². The van der Waals surface area contributed by atoms with Crippen molar-refractivity contribution in [3.63, 3.8) is 0 Å². The van der Waals surface area contributed by atoms with Gasteiger partial charge >= 0.3 is 6.18 Å². The van der Waals surface area contributed by atoms with Crippen molar-refractivity contribution in [1.29, 1.82) is 0 Å². The first-order valence-electron chi connectivity index (χ1n) is 6.56. The van der Waals surface area contributed by atoms with E-state index in [1.807, 2.05) is 0 Å². The van der Waals surface area contributed by atoms with E-state index < -0.39 is 17.7 Å². The van der Waals surface area contributed by atoms with Gasteiger partial charge < -0.3 is 14.4 Å².